The Morgan fingerprint density at radius 1 is 1.27 bits per heavy atom. The van der Waals surface area contributed by atoms with E-state index >= 15 is 0 Å². The van der Waals surface area contributed by atoms with Gasteiger partial charge >= 0.3 is 6.09 Å². The van der Waals surface area contributed by atoms with Crippen molar-refractivity contribution < 1.29 is 13.9 Å². The summed E-state index contributed by atoms with van der Waals surface area (Å²) >= 11 is 0. The maximum absolute atomic E-state index is 14.0. The van der Waals surface area contributed by atoms with Crippen molar-refractivity contribution in [2.75, 3.05) is 26.7 Å². The van der Waals surface area contributed by atoms with E-state index in [4.69, 9.17) is 4.74 Å². The number of halogens is 1. The van der Waals surface area contributed by atoms with E-state index in [-0.39, 0.29) is 17.0 Å². The van der Waals surface area contributed by atoms with Crippen molar-refractivity contribution in [3.8, 4) is 0 Å². The Bertz CT molecular complexity index is 913. The van der Waals surface area contributed by atoms with Gasteiger partial charge < -0.3 is 14.6 Å². The number of hydrogen-bond donors (Lipinski definition) is 1. The Kier molecular flexibility index (Phi) is 4.19. The van der Waals surface area contributed by atoms with Crippen LogP contribution in [0.25, 0.3) is 10.9 Å². The van der Waals surface area contributed by atoms with Crippen molar-refractivity contribution in [2.45, 2.75) is 31.4 Å². The number of hydrogen-bond acceptors (Lipinski definition) is 4. The number of benzene rings is 1. The molecule has 7 heteroatoms. The molecular formula is C19H22FN3O3. The van der Waals surface area contributed by atoms with Gasteiger partial charge in [0.05, 0.1) is 12.1 Å². The molecule has 4 rings (SSSR count). The molecule has 2 fully saturated rings. The van der Waals surface area contributed by atoms with E-state index in [9.17, 15) is 14.0 Å². The van der Waals surface area contributed by atoms with Crippen LogP contribution < -0.4 is 5.43 Å². The Morgan fingerprint density at radius 3 is 2.88 bits per heavy atom. The fourth-order valence-corrected chi connectivity index (χ4v) is 4.05. The van der Waals surface area contributed by atoms with Gasteiger partial charge in [0.25, 0.3) is 0 Å². The zero-order valence-electron chi connectivity index (χ0n) is 14.8. The second-order valence-corrected chi connectivity index (χ2v) is 7.36. The van der Waals surface area contributed by atoms with Crippen LogP contribution in [0.2, 0.25) is 0 Å². The molecule has 1 aromatic carbocycles. The standard InChI is InChI=1S/C19H22FN3O3/c1-22-12-19(26-18(22)25)6-3-8-23(9-7-19)11-13-10-16(24)14-4-2-5-15(20)17(14)21-13/h2,4-5,10H,3,6-9,11-12H2,1H3,(H,21,24)/t19-/m0/s1. The van der Waals surface area contributed by atoms with Crippen molar-refractivity contribution in [1.29, 1.82) is 0 Å². The molecule has 26 heavy (non-hydrogen) atoms. The van der Waals surface area contributed by atoms with Gasteiger partial charge in [0.15, 0.2) is 5.43 Å². The number of ether oxygens (including phenoxy) is 1. The zero-order chi connectivity index (χ0) is 18.3. The number of aromatic amines is 1. The number of rotatable bonds is 2. The molecule has 3 heterocycles. The number of H-pyrrole nitrogens is 1. The van der Waals surface area contributed by atoms with Crippen LogP contribution in [0.5, 0.6) is 0 Å². The highest BCUT2D eigenvalue weighted by molar-refractivity contribution is 5.78. The van der Waals surface area contributed by atoms with Crippen LogP contribution in [0.4, 0.5) is 9.18 Å². The number of nitrogens with zero attached hydrogens (tertiary/aromatic N) is 2. The van der Waals surface area contributed by atoms with Crippen molar-refractivity contribution in [2.24, 2.45) is 0 Å². The molecule has 2 aromatic rings. The number of para-hydroxylation sites is 1. The number of likely N-dealkylation sites (N-methyl/N-ethyl adjacent to an activating group) is 1. The molecule has 1 atom stereocenters. The molecule has 0 aliphatic carbocycles. The summed E-state index contributed by atoms with van der Waals surface area (Å²) in [5.74, 6) is -0.419. The zero-order valence-corrected chi connectivity index (χ0v) is 14.8. The molecule has 1 aromatic heterocycles. The smallest absolute Gasteiger partial charge is 0.410 e. The van der Waals surface area contributed by atoms with Crippen molar-refractivity contribution in [3.63, 3.8) is 0 Å². The van der Waals surface area contributed by atoms with Crippen LogP contribution >= 0.6 is 0 Å². The molecule has 0 radical (unpaired) electrons. The van der Waals surface area contributed by atoms with Crippen molar-refractivity contribution in [3.05, 3.63) is 46.0 Å². The summed E-state index contributed by atoms with van der Waals surface area (Å²) < 4.78 is 19.7. The monoisotopic (exact) mass is 359 g/mol. The second kappa shape index (κ2) is 6.39. The predicted molar refractivity (Wildman–Crippen MR) is 95.5 cm³/mol. The lowest BCUT2D eigenvalue weighted by molar-refractivity contribution is 0.0442. The minimum absolute atomic E-state index is 0.175. The highest BCUT2D eigenvalue weighted by Gasteiger charge is 2.44. The van der Waals surface area contributed by atoms with Gasteiger partial charge in [-0.25, -0.2) is 9.18 Å². The lowest BCUT2D eigenvalue weighted by Crippen LogP contribution is -2.35. The molecule has 2 aliphatic rings. The fourth-order valence-electron chi connectivity index (χ4n) is 4.05. The number of amides is 1. The van der Waals surface area contributed by atoms with Crippen LogP contribution in [-0.4, -0.2) is 53.2 Å². The molecule has 2 aliphatic heterocycles. The first-order valence-electron chi connectivity index (χ1n) is 8.93. The molecule has 138 valence electrons. The average Bonchev–Trinajstić information content (AvgIpc) is 2.75. The first kappa shape index (κ1) is 17.0. The van der Waals surface area contributed by atoms with E-state index in [1.807, 2.05) is 0 Å². The topological polar surface area (TPSA) is 65.6 Å². The summed E-state index contributed by atoms with van der Waals surface area (Å²) in [7, 11) is 1.76. The molecular weight excluding hydrogens is 337 g/mol. The van der Waals surface area contributed by atoms with E-state index in [0.717, 1.165) is 32.4 Å². The summed E-state index contributed by atoms with van der Waals surface area (Å²) in [4.78, 5) is 30.9. The van der Waals surface area contributed by atoms with Gasteiger partial charge in [0.2, 0.25) is 0 Å². The minimum Gasteiger partial charge on any atom is -0.441 e. The molecule has 1 spiro atoms. The average molecular weight is 359 g/mol. The normalized spacial score (nSPS) is 24.2. The Morgan fingerprint density at radius 2 is 2.12 bits per heavy atom. The SMILES string of the molecule is CN1C[C@@]2(CCCN(Cc3cc(=O)c4cccc(F)c4[nH]3)CC2)OC1=O. The number of likely N-dealkylation sites (tertiary alicyclic amines) is 1. The predicted octanol–water partition coefficient (Wildman–Crippen LogP) is 2.47. The molecule has 0 bridgehead atoms. The largest absolute Gasteiger partial charge is 0.441 e. The Balaban J connectivity index is 1.52. The van der Waals surface area contributed by atoms with Crippen LogP contribution in [0.3, 0.4) is 0 Å². The van der Waals surface area contributed by atoms with E-state index < -0.39 is 11.4 Å². The maximum atomic E-state index is 14.0. The summed E-state index contributed by atoms with van der Waals surface area (Å²) in [6, 6.07) is 6.07. The maximum Gasteiger partial charge on any atom is 0.410 e. The number of nitrogens with one attached hydrogen (secondary N) is 1. The molecule has 6 nitrogen and oxygen atoms in total. The number of carbonyl (C=O) groups is 1. The van der Waals surface area contributed by atoms with E-state index in [2.05, 4.69) is 9.88 Å². The molecule has 0 saturated carbocycles. The van der Waals surface area contributed by atoms with Crippen molar-refractivity contribution in [1.82, 2.24) is 14.8 Å². The number of carbonyl (C=O) groups excluding carboxylic acids is 1. The summed E-state index contributed by atoms with van der Waals surface area (Å²) in [6.07, 6.45) is 2.25. The number of aromatic nitrogens is 1. The van der Waals surface area contributed by atoms with Crippen molar-refractivity contribution >= 4 is 17.0 Å². The van der Waals surface area contributed by atoms with Gasteiger partial charge in [-0.05, 0) is 31.5 Å². The lowest BCUT2D eigenvalue weighted by atomic mass is 9.95. The highest BCUT2D eigenvalue weighted by Crippen LogP contribution is 2.32. The second-order valence-electron chi connectivity index (χ2n) is 7.36. The summed E-state index contributed by atoms with van der Waals surface area (Å²) in [5, 5.41) is 0.365. The van der Waals surface area contributed by atoms with E-state index in [1.54, 1.807) is 30.1 Å². The first-order valence-corrected chi connectivity index (χ1v) is 8.93. The van der Waals surface area contributed by atoms with Crippen LogP contribution in [-0.2, 0) is 11.3 Å². The summed E-state index contributed by atoms with van der Waals surface area (Å²) in [5.41, 5.74) is 0.381. The van der Waals surface area contributed by atoms with Gasteiger partial charge in [0, 0.05) is 43.7 Å². The fraction of sp³-hybridized carbons (Fsp3) is 0.474. The lowest BCUT2D eigenvalue weighted by Gasteiger charge is -2.25. The Hall–Kier alpha value is -2.41. The van der Waals surface area contributed by atoms with Gasteiger partial charge in [0.1, 0.15) is 11.4 Å². The molecule has 2 saturated heterocycles. The van der Waals surface area contributed by atoms with Crippen LogP contribution in [0.1, 0.15) is 25.0 Å². The third-order valence-corrected chi connectivity index (χ3v) is 5.40. The number of pyridine rings is 1. The molecule has 1 amide bonds. The Labute approximate surface area is 150 Å². The quantitative estimate of drug-likeness (QED) is 0.895. The van der Waals surface area contributed by atoms with Gasteiger partial charge in [-0.15, -0.1) is 0 Å². The molecule has 1 N–H and O–H groups in total. The minimum atomic E-state index is -0.419. The van der Waals surface area contributed by atoms with Gasteiger partial charge in [-0.2, -0.15) is 0 Å². The molecule has 0 unspecified atom stereocenters. The van der Waals surface area contributed by atoms with Crippen LogP contribution in [0, 0.1) is 5.82 Å². The highest BCUT2D eigenvalue weighted by atomic mass is 19.1. The third-order valence-electron chi connectivity index (χ3n) is 5.40. The number of fused-ring (bicyclic) bond motifs is 1. The third kappa shape index (κ3) is 3.07. The van der Waals surface area contributed by atoms with Crippen LogP contribution in [0.15, 0.2) is 29.1 Å². The first-order chi connectivity index (χ1) is 12.5. The summed E-state index contributed by atoms with van der Waals surface area (Å²) in [6.45, 7) is 2.77. The van der Waals surface area contributed by atoms with Gasteiger partial charge in [-0.1, -0.05) is 6.07 Å². The van der Waals surface area contributed by atoms with E-state index in [1.165, 1.54) is 6.07 Å². The van der Waals surface area contributed by atoms with Gasteiger partial charge in [-0.3, -0.25) is 9.69 Å². The van der Waals surface area contributed by atoms with E-state index in [0.29, 0.717) is 24.2 Å².